The van der Waals surface area contributed by atoms with E-state index in [1.165, 1.54) is 64.2 Å². The number of hydrazone groups is 1. The predicted molar refractivity (Wildman–Crippen MR) is 192 cm³/mol. The van der Waals surface area contributed by atoms with Crippen molar-refractivity contribution >= 4 is 23.2 Å². The molecule has 0 saturated heterocycles. The number of carboxylic acid groups (broad SMARTS) is 1. The number of carbonyl (C=O) groups is 1. The van der Waals surface area contributed by atoms with Crippen LogP contribution in [0, 0.1) is 0 Å². The molecular formula is C39H56N4O3. The highest BCUT2D eigenvalue weighted by atomic mass is 16.5. The number of benzene rings is 3. The van der Waals surface area contributed by atoms with E-state index in [1.54, 1.807) is 0 Å². The van der Waals surface area contributed by atoms with Gasteiger partial charge in [-0.15, -0.1) is 5.10 Å². The molecule has 0 saturated carbocycles. The van der Waals surface area contributed by atoms with Crippen molar-refractivity contribution in [3.05, 3.63) is 90.5 Å². The van der Waals surface area contributed by atoms with Gasteiger partial charge in [-0.2, -0.15) is 10.2 Å². The maximum Gasteiger partial charge on any atom is 0.303 e. The summed E-state index contributed by atoms with van der Waals surface area (Å²) in [5.74, 6) is 1.01. The van der Waals surface area contributed by atoms with Crippen LogP contribution >= 0.6 is 0 Å². The van der Waals surface area contributed by atoms with Gasteiger partial charge in [0.25, 0.3) is 0 Å². The zero-order chi connectivity index (χ0) is 33.0. The van der Waals surface area contributed by atoms with Gasteiger partial charge in [0.05, 0.1) is 11.4 Å². The van der Waals surface area contributed by atoms with Crippen molar-refractivity contribution in [2.24, 2.45) is 5.10 Å². The number of aliphatic carboxylic acids is 1. The second-order valence-corrected chi connectivity index (χ2v) is 12.6. The van der Waals surface area contributed by atoms with E-state index in [9.17, 15) is 4.79 Å². The number of anilines is 2. The van der Waals surface area contributed by atoms with Crippen LogP contribution < -0.4 is 20.4 Å². The molecule has 0 fully saturated rings. The number of rotatable bonds is 19. The summed E-state index contributed by atoms with van der Waals surface area (Å²) in [6.45, 7) is 8.78. The first kappa shape index (κ1) is 36.5. The van der Waals surface area contributed by atoms with Gasteiger partial charge in [-0.3, -0.25) is 10.2 Å². The highest BCUT2D eigenvalue weighted by molar-refractivity contribution is 6.02. The Morgan fingerprint density at radius 2 is 1.24 bits per heavy atom. The molecule has 7 nitrogen and oxygen atoms in total. The number of ether oxygens (including phenoxy) is 1. The average Bonchev–Trinajstić information content (AvgIpc) is 3.51. The Balaban J connectivity index is 0.000000349. The number of para-hydroxylation sites is 2. The highest BCUT2D eigenvalue weighted by Crippen LogP contribution is 2.27. The van der Waals surface area contributed by atoms with Crippen LogP contribution in [0.4, 0.5) is 11.4 Å². The quantitative estimate of drug-likeness (QED) is 0.129. The first-order chi connectivity index (χ1) is 22.3. The molecule has 0 amide bonds. The number of hydrogen-bond acceptors (Lipinski definition) is 6. The summed E-state index contributed by atoms with van der Waals surface area (Å²) in [6.07, 6.45) is 16.2. The van der Waals surface area contributed by atoms with Gasteiger partial charge in [-0.1, -0.05) is 114 Å². The van der Waals surface area contributed by atoms with Crippen molar-refractivity contribution in [2.45, 2.75) is 123 Å². The summed E-state index contributed by atoms with van der Waals surface area (Å²) in [5, 5.41) is 17.1. The summed E-state index contributed by atoms with van der Waals surface area (Å²) < 4.78 is 6.27. The molecule has 1 heterocycles. The molecule has 0 radical (unpaired) electrons. The second kappa shape index (κ2) is 20.2. The molecule has 2 N–H and O–H groups in total. The van der Waals surface area contributed by atoms with Crippen LogP contribution in [-0.2, 0) is 4.79 Å². The molecule has 4 rings (SSSR count). The monoisotopic (exact) mass is 628 g/mol. The van der Waals surface area contributed by atoms with E-state index in [-0.39, 0.29) is 5.60 Å². The third kappa shape index (κ3) is 13.2. The van der Waals surface area contributed by atoms with Crippen molar-refractivity contribution in [2.75, 3.05) is 10.2 Å². The van der Waals surface area contributed by atoms with Crippen molar-refractivity contribution in [1.29, 1.82) is 0 Å². The first-order valence-electron chi connectivity index (χ1n) is 17.4. The number of hydrogen-bond donors (Lipinski definition) is 2. The van der Waals surface area contributed by atoms with Gasteiger partial charge in [0.2, 0.25) is 0 Å². The number of unbranched alkanes of at least 4 members (excludes halogenated alkanes) is 10. The number of nitrogens with zero attached hydrogens (tertiary/aromatic N) is 3. The molecule has 7 heteroatoms. The molecule has 1 aliphatic rings. The normalized spacial score (nSPS) is 12.7. The summed E-state index contributed by atoms with van der Waals surface area (Å²) >= 11 is 0. The van der Waals surface area contributed by atoms with E-state index in [4.69, 9.17) is 14.9 Å². The SMILES string of the molecule is CCCCCC(C)(C)Oc1ccc(C2=NN(c3ccccc3)N(c3ccccc3)N2)cc1.CCCCCCCCCCCC(=O)O. The molecule has 0 aliphatic carbocycles. The molecule has 0 bridgehead atoms. The minimum Gasteiger partial charge on any atom is -0.488 e. The molecule has 0 atom stereocenters. The third-order valence-electron chi connectivity index (χ3n) is 7.98. The minimum atomic E-state index is -0.659. The van der Waals surface area contributed by atoms with Gasteiger partial charge in [0, 0.05) is 12.0 Å². The van der Waals surface area contributed by atoms with E-state index in [0.29, 0.717) is 6.42 Å². The predicted octanol–water partition coefficient (Wildman–Crippen LogP) is 10.5. The fourth-order valence-corrected chi connectivity index (χ4v) is 5.35. The Morgan fingerprint density at radius 1 is 0.717 bits per heavy atom. The minimum absolute atomic E-state index is 0.173. The molecule has 0 unspecified atom stereocenters. The maximum atomic E-state index is 10.2. The van der Waals surface area contributed by atoms with Crippen molar-refractivity contribution < 1.29 is 14.6 Å². The standard InChI is InChI=1S/C27H32N4O.C12H24O2/c1-4-5-12-21-27(2,3)32-25-19-17-22(18-20-25)26-28-30(23-13-8-6-9-14-23)31(29-26)24-15-10-7-11-16-24;1-2-3-4-5-6-7-8-9-10-11-12(13)14/h6-11,13-20H,4-5,12,21H2,1-3H3,(H,28,29);2-11H2,1H3,(H,13,14). The van der Waals surface area contributed by atoms with E-state index in [1.807, 2.05) is 70.9 Å². The fourth-order valence-electron chi connectivity index (χ4n) is 5.35. The molecule has 46 heavy (non-hydrogen) atoms. The zero-order valence-electron chi connectivity index (χ0n) is 28.6. The number of carboxylic acids is 1. The molecule has 3 aromatic carbocycles. The topological polar surface area (TPSA) is 77.4 Å². The van der Waals surface area contributed by atoms with E-state index in [2.05, 4.69) is 57.4 Å². The Bertz CT molecular complexity index is 1280. The summed E-state index contributed by atoms with van der Waals surface area (Å²) in [6, 6.07) is 28.4. The highest BCUT2D eigenvalue weighted by Gasteiger charge is 2.26. The molecule has 1 aliphatic heterocycles. The van der Waals surface area contributed by atoms with Crippen LogP contribution in [0.1, 0.15) is 123 Å². The van der Waals surface area contributed by atoms with Crippen LogP contribution in [0.15, 0.2) is 90.0 Å². The van der Waals surface area contributed by atoms with Crippen molar-refractivity contribution in [1.82, 2.24) is 5.43 Å². The third-order valence-corrected chi connectivity index (χ3v) is 7.98. The molecule has 3 aromatic rings. The van der Waals surface area contributed by atoms with Crippen LogP contribution in [0.25, 0.3) is 0 Å². The Morgan fingerprint density at radius 3 is 1.80 bits per heavy atom. The lowest BCUT2D eigenvalue weighted by Gasteiger charge is -2.27. The molecule has 0 spiro atoms. The summed E-state index contributed by atoms with van der Waals surface area (Å²) in [4.78, 5) is 10.2. The van der Waals surface area contributed by atoms with Gasteiger partial charge < -0.3 is 9.84 Å². The molecule has 0 aromatic heterocycles. The van der Waals surface area contributed by atoms with Crippen LogP contribution in [0.2, 0.25) is 0 Å². The van der Waals surface area contributed by atoms with E-state index in [0.717, 1.165) is 47.8 Å². The lowest BCUT2D eigenvalue weighted by atomic mass is 10.0. The fraction of sp³-hybridized carbons (Fsp3) is 0.487. The molecule has 250 valence electrons. The Hall–Kier alpha value is -4.00. The average molecular weight is 629 g/mol. The summed E-state index contributed by atoms with van der Waals surface area (Å²) in [7, 11) is 0. The van der Waals surface area contributed by atoms with E-state index >= 15 is 0 Å². The van der Waals surface area contributed by atoms with Gasteiger partial charge in [0.15, 0.2) is 5.84 Å². The summed E-state index contributed by atoms with van der Waals surface area (Å²) in [5.41, 5.74) is 6.25. The maximum absolute atomic E-state index is 10.2. The van der Waals surface area contributed by atoms with Crippen LogP contribution in [0.3, 0.4) is 0 Å². The first-order valence-corrected chi connectivity index (χ1v) is 17.4. The lowest BCUT2D eigenvalue weighted by molar-refractivity contribution is -0.137. The van der Waals surface area contributed by atoms with Gasteiger partial charge in [-0.05, 0) is 81.6 Å². The van der Waals surface area contributed by atoms with Crippen molar-refractivity contribution in [3.8, 4) is 5.75 Å². The van der Waals surface area contributed by atoms with Gasteiger partial charge in [-0.25, -0.2) is 0 Å². The second-order valence-electron chi connectivity index (χ2n) is 12.6. The Kier molecular flexibility index (Phi) is 16.0. The number of hydrazine groups is 2. The lowest BCUT2D eigenvalue weighted by Crippen LogP contribution is -2.44. The molecular weight excluding hydrogens is 572 g/mol. The van der Waals surface area contributed by atoms with E-state index < -0.39 is 5.97 Å². The largest absolute Gasteiger partial charge is 0.488 e. The van der Waals surface area contributed by atoms with Crippen molar-refractivity contribution in [3.63, 3.8) is 0 Å². The Labute approximate surface area is 277 Å². The smallest absolute Gasteiger partial charge is 0.303 e. The van der Waals surface area contributed by atoms with Crippen LogP contribution in [0.5, 0.6) is 5.75 Å². The van der Waals surface area contributed by atoms with Gasteiger partial charge >= 0.3 is 5.97 Å². The number of nitrogens with one attached hydrogen (secondary N) is 1. The number of amidine groups is 1. The van der Waals surface area contributed by atoms with Crippen LogP contribution in [-0.4, -0.2) is 22.5 Å². The zero-order valence-corrected chi connectivity index (χ0v) is 28.6. The van der Waals surface area contributed by atoms with Gasteiger partial charge in [0.1, 0.15) is 11.4 Å².